The Kier molecular flexibility index (Phi) is 2.93. The Morgan fingerprint density at radius 1 is 1.41 bits per heavy atom. The lowest BCUT2D eigenvalue weighted by Gasteiger charge is -2.11. The van der Waals surface area contributed by atoms with E-state index in [0.717, 1.165) is 29.3 Å². The molecule has 1 aliphatic heterocycles. The van der Waals surface area contributed by atoms with Gasteiger partial charge in [-0.3, -0.25) is 0 Å². The summed E-state index contributed by atoms with van der Waals surface area (Å²) in [5.74, 6) is 0.623. The van der Waals surface area contributed by atoms with Crippen LogP contribution in [0.15, 0.2) is 30.0 Å². The first-order valence-electron chi connectivity index (χ1n) is 5.98. The molecule has 0 bridgehead atoms. The lowest BCUT2D eigenvalue weighted by Crippen LogP contribution is -2.05. The van der Waals surface area contributed by atoms with Gasteiger partial charge in [0, 0.05) is 17.6 Å². The number of halogens is 1. The van der Waals surface area contributed by atoms with Gasteiger partial charge in [0.1, 0.15) is 0 Å². The van der Waals surface area contributed by atoms with E-state index in [1.54, 1.807) is 0 Å². The molecule has 0 amide bonds. The minimum absolute atomic E-state index is 0.623. The van der Waals surface area contributed by atoms with Crippen LogP contribution in [0.5, 0.6) is 0 Å². The van der Waals surface area contributed by atoms with Crippen LogP contribution in [-0.2, 0) is 6.42 Å². The largest absolute Gasteiger partial charge is 0.356 e. The lowest BCUT2D eigenvalue weighted by atomic mass is 9.93. The number of benzene rings is 1. The van der Waals surface area contributed by atoms with Gasteiger partial charge in [-0.1, -0.05) is 36.0 Å². The van der Waals surface area contributed by atoms with Gasteiger partial charge in [-0.15, -0.1) is 0 Å². The topological polar surface area (TPSA) is 12.0 Å². The lowest BCUT2D eigenvalue weighted by molar-refractivity contribution is 0.667. The minimum Gasteiger partial charge on any atom is -0.356 e. The van der Waals surface area contributed by atoms with Gasteiger partial charge in [-0.25, -0.2) is 0 Å². The molecule has 88 valence electrons. The first kappa shape index (κ1) is 11.2. The number of fused-ring (bicyclic) bond motifs is 1. The normalized spacial score (nSPS) is 22.3. The first-order chi connectivity index (χ1) is 8.24. The molecule has 1 N–H and O–H groups in total. The van der Waals surface area contributed by atoms with Crippen LogP contribution < -0.4 is 5.32 Å². The number of rotatable bonds is 2. The maximum atomic E-state index is 6.23. The highest BCUT2D eigenvalue weighted by atomic mass is 35.5. The number of hydrogen-bond acceptors (Lipinski definition) is 1. The number of nitrogens with one attached hydrogen (secondary N) is 1. The summed E-state index contributed by atoms with van der Waals surface area (Å²) in [5.41, 5.74) is 4.22. The van der Waals surface area contributed by atoms with E-state index in [-0.39, 0.29) is 0 Å². The quantitative estimate of drug-likeness (QED) is 0.811. The Morgan fingerprint density at radius 2 is 2.29 bits per heavy atom. The summed E-state index contributed by atoms with van der Waals surface area (Å²) in [6.45, 7) is 0. The Morgan fingerprint density at radius 3 is 3.06 bits per heavy atom. The van der Waals surface area contributed by atoms with E-state index in [1.165, 1.54) is 23.1 Å². The molecule has 0 saturated heterocycles. The molecule has 0 saturated carbocycles. The van der Waals surface area contributed by atoms with Crippen LogP contribution in [0.1, 0.15) is 36.3 Å². The van der Waals surface area contributed by atoms with Crippen LogP contribution in [0.4, 0.5) is 0 Å². The van der Waals surface area contributed by atoms with Crippen LogP contribution in [0.2, 0.25) is 5.02 Å². The Hall–Kier alpha value is -0.860. The maximum absolute atomic E-state index is 6.23. The molecule has 1 nitrogen and oxygen atoms in total. The third-order valence-electron chi connectivity index (χ3n) is 3.67. The summed E-state index contributed by atoms with van der Waals surface area (Å²) in [5, 5.41) is 4.05. The third kappa shape index (κ3) is 2.12. The van der Waals surface area contributed by atoms with E-state index < -0.39 is 0 Å². The predicted octanol–water partition coefficient (Wildman–Crippen LogP) is 3.96. The molecule has 1 heterocycles. The van der Waals surface area contributed by atoms with Crippen molar-refractivity contribution in [3.63, 3.8) is 0 Å². The first-order valence-corrected chi connectivity index (χ1v) is 6.77. The molecule has 0 spiro atoms. The molecule has 17 heavy (non-hydrogen) atoms. The smallest absolute Gasteiger partial charge is 0.0834 e. The van der Waals surface area contributed by atoms with Crippen LogP contribution in [0.3, 0.4) is 0 Å². The van der Waals surface area contributed by atoms with Gasteiger partial charge in [0.25, 0.3) is 0 Å². The average Bonchev–Trinajstić information content (AvgIpc) is 2.88. The predicted molar refractivity (Wildman–Crippen MR) is 75.6 cm³/mol. The van der Waals surface area contributed by atoms with Gasteiger partial charge in [0.2, 0.25) is 0 Å². The van der Waals surface area contributed by atoms with Crippen LogP contribution in [0.25, 0.3) is 0 Å². The van der Waals surface area contributed by atoms with Crippen molar-refractivity contribution in [2.45, 2.75) is 31.6 Å². The van der Waals surface area contributed by atoms with E-state index in [0.29, 0.717) is 5.92 Å². The summed E-state index contributed by atoms with van der Waals surface area (Å²) < 4.78 is 0. The Labute approximate surface area is 112 Å². The molecule has 1 aliphatic carbocycles. The zero-order chi connectivity index (χ0) is 11.8. The molecule has 0 aromatic heterocycles. The van der Waals surface area contributed by atoms with Gasteiger partial charge in [-0.2, -0.15) is 0 Å². The van der Waals surface area contributed by atoms with Gasteiger partial charge < -0.3 is 5.32 Å². The summed E-state index contributed by atoms with van der Waals surface area (Å²) >= 11 is 11.4. The summed E-state index contributed by atoms with van der Waals surface area (Å²) in [6.07, 6.45) is 6.45. The van der Waals surface area contributed by atoms with E-state index in [2.05, 4.69) is 23.6 Å². The molecule has 1 unspecified atom stereocenters. The van der Waals surface area contributed by atoms with Crippen molar-refractivity contribution in [1.82, 2.24) is 5.32 Å². The molecule has 1 atom stereocenters. The summed E-state index contributed by atoms with van der Waals surface area (Å²) in [4.78, 5) is 0.948. The van der Waals surface area contributed by atoms with Crippen molar-refractivity contribution in [2.75, 3.05) is 0 Å². The monoisotopic (exact) mass is 263 g/mol. The minimum atomic E-state index is 0.623. The fourth-order valence-corrected chi connectivity index (χ4v) is 3.37. The van der Waals surface area contributed by atoms with Gasteiger partial charge >= 0.3 is 0 Å². The van der Waals surface area contributed by atoms with Crippen LogP contribution in [-0.4, -0.2) is 4.99 Å². The average molecular weight is 264 g/mol. The Bertz CT molecular complexity index is 507. The van der Waals surface area contributed by atoms with E-state index in [9.17, 15) is 0 Å². The van der Waals surface area contributed by atoms with Crippen molar-refractivity contribution < 1.29 is 0 Å². The Balaban J connectivity index is 1.80. The maximum Gasteiger partial charge on any atom is 0.0834 e. The molecular formula is C14H14ClNS. The van der Waals surface area contributed by atoms with Crippen LogP contribution >= 0.6 is 23.8 Å². The summed E-state index contributed by atoms with van der Waals surface area (Å²) in [6, 6.07) is 6.28. The third-order valence-corrected chi connectivity index (χ3v) is 4.29. The standard InChI is InChI=1S/C14H14ClNS/c15-13-3-1-2-11-10(4-5-12(11)13)6-9-7-14(17)16-8-9/h1-3,8,10H,4-7H2,(H,16,17). The molecule has 3 rings (SSSR count). The van der Waals surface area contributed by atoms with Crippen molar-refractivity contribution in [1.29, 1.82) is 0 Å². The molecule has 2 aliphatic rings. The van der Waals surface area contributed by atoms with E-state index >= 15 is 0 Å². The van der Waals surface area contributed by atoms with Gasteiger partial charge in [0.05, 0.1) is 4.99 Å². The molecule has 1 aromatic carbocycles. The van der Waals surface area contributed by atoms with Crippen molar-refractivity contribution >= 4 is 28.8 Å². The molecule has 3 heteroatoms. The number of hydrogen-bond donors (Lipinski definition) is 1. The van der Waals surface area contributed by atoms with Crippen molar-refractivity contribution in [3.05, 3.63) is 46.1 Å². The van der Waals surface area contributed by atoms with Crippen molar-refractivity contribution in [3.8, 4) is 0 Å². The van der Waals surface area contributed by atoms with E-state index in [4.69, 9.17) is 23.8 Å². The molecule has 0 radical (unpaired) electrons. The molecule has 1 aromatic rings. The zero-order valence-electron chi connectivity index (χ0n) is 9.50. The second kappa shape index (κ2) is 4.43. The summed E-state index contributed by atoms with van der Waals surface area (Å²) in [7, 11) is 0. The highest BCUT2D eigenvalue weighted by molar-refractivity contribution is 7.80. The fourth-order valence-electron chi connectivity index (χ4n) is 2.85. The van der Waals surface area contributed by atoms with Crippen LogP contribution in [0, 0.1) is 0 Å². The molecule has 0 fully saturated rings. The second-order valence-corrected chi connectivity index (χ2v) is 5.69. The van der Waals surface area contributed by atoms with Gasteiger partial charge in [-0.05, 0) is 47.9 Å². The highest BCUT2D eigenvalue weighted by Crippen LogP contribution is 2.40. The fraction of sp³-hybridized carbons (Fsp3) is 0.357. The zero-order valence-corrected chi connectivity index (χ0v) is 11.1. The highest BCUT2D eigenvalue weighted by Gasteiger charge is 2.25. The second-order valence-electron chi connectivity index (χ2n) is 4.79. The molecular weight excluding hydrogens is 250 g/mol. The van der Waals surface area contributed by atoms with Crippen molar-refractivity contribution in [2.24, 2.45) is 0 Å². The van der Waals surface area contributed by atoms with E-state index in [1.807, 2.05) is 6.07 Å². The van der Waals surface area contributed by atoms with Gasteiger partial charge in [0.15, 0.2) is 0 Å². The number of thiocarbonyl (C=S) groups is 1. The SMILES string of the molecule is S=C1CC(CC2CCc3c(Cl)cccc32)=CN1.